The van der Waals surface area contributed by atoms with E-state index in [0.717, 1.165) is 12.8 Å². The normalized spacial score (nSPS) is 8.50. The molecule has 0 spiro atoms. The van der Waals surface area contributed by atoms with Crippen LogP contribution >= 0.6 is 27.9 Å². The van der Waals surface area contributed by atoms with E-state index in [9.17, 15) is 0 Å². The summed E-state index contributed by atoms with van der Waals surface area (Å²) in [7, 11) is 14.9. The van der Waals surface area contributed by atoms with Crippen molar-refractivity contribution >= 4 is 27.9 Å². The van der Waals surface area contributed by atoms with Gasteiger partial charge in [0.15, 0.2) is 0 Å². The van der Waals surface area contributed by atoms with E-state index in [1.54, 1.807) is 0 Å². The van der Waals surface area contributed by atoms with Crippen LogP contribution in [0.15, 0.2) is 0 Å². The standard InChI is InChI=1S/C10H17.3ClH.Ti/c1-3-5-7-9-10-8-6-4-2;;;;/h3,5-10H2,1H3;3*1H;/q-1;;;;+4/p-3. The van der Waals surface area contributed by atoms with Crippen LogP contribution in [-0.4, -0.2) is 0 Å². The SMILES string of the molecule is [C-]#CCCCCCCCC.[Cl][Ti+]([Cl])[Cl]. The summed E-state index contributed by atoms with van der Waals surface area (Å²) in [5.74, 6) is 2.41. The first kappa shape index (κ1) is 17.5. The molecule has 0 aliphatic heterocycles. The zero-order chi connectivity index (χ0) is 11.2. The maximum atomic E-state index is 6.67. The Balaban J connectivity index is 0. The molecule has 0 aliphatic carbocycles. The van der Waals surface area contributed by atoms with Gasteiger partial charge in [0.25, 0.3) is 0 Å². The third kappa shape index (κ3) is 29.2. The predicted octanol–water partition coefficient (Wildman–Crippen LogP) is 5.39. The summed E-state index contributed by atoms with van der Waals surface area (Å²) in [5.41, 5.74) is 0. The maximum absolute atomic E-state index is 6.67. The Morgan fingerprint density at radius 2 is 1.43 bits per heavy atom. The van der Waals surface area contributed by atoms with Crippen LogP contribution in [0.3, 0.4) is 0 Å². The molecule has 0 saturated heterocycles. The molecule has 0 aromatic carbocycles. The van der Waals surface area contributed by atoms with E-state index in [-0.39, 0.29) is 0 Å². The summed E-state index contributed by atoms with van der Waals surface area (Å²) in [6.07, 6.45) is 15.4. The van der Waals surface area contributed by atoms with Crippen LogP contribution in [0.1, 0.15) is 51.9 Å². The van der Waals surface area contributed by atoms with Crippen LogP contribution in [0.25, 0.3) is 0 Å². The van der Waals surface area contributed by atoms with Crippen molar-refractivity contribution in [1.82, 2.24) is 0 Å². The van der Waals surface area contributed by atoms with Crippen molar-refractivity contribution in [3.05, 3.63) is 6.42 Å². The molecule has 0 fully saturated rings. The zero-order valence-electron chi connectivity index (χ0n) is 8.58. The Morgan fingerprint density at radius 3 is 1.86 bits per heavy atom. The molecule has 0 heterocycles. The van der Waals surface area contributed by atoms with E-state index in [1.165, 1.54) is 32.1 Å². The van der Waals surface area contributed by atoms with Crippen molar-refractivity contribution in [2.75, 3.05) is 0 Å². The number of rotatable bonds is 6. The molecular weight excluding hydrogens is 274 g/mol. The molecule has 0 nitrogen and oxygen atoms in total. The first-order valence-corrected chi connectivity index (χ1v) is 11.3. The molecular formula is C10H17Cl3Ti. The summed E-state index contributed by atoms with van der Waals surface area (Å²) in [5, 5.41) is 0. The molecule has 4 heteroatoms. The summed E-state index contributed by atoms with van der Waals surface area (Å²) in [4.78, 5) is 0. The fourth-order valence-electron chi connectivity index (χ4n) is 0.994. The molecule has 0 atom stereocenters. The van der Waals surface area contributed by atoms with Crippen molar-refractivity contribution in [3.8, 4) is 5.92 Å². The Bertz CT molecular complexity index is 129. The van der Waals surface area contributed by atoms with E-state index in [2.05, 4.69) is 12.8 Å². The van der Waals surface area contributed by atoms with Crippen molar-refractivity contribution < 1.29 is 14.7 Å². The molecule has 0 bridgehead atoms. The van der Waals surface area contributed by atoms with Crippen LogP contribution in [0.2, 0.25) is 0 Å². The number of halogens is 3. The van der Waals surface area contributed by atoms with E-state index >= 15 is 0 Å². The average molecular weight is 291 g/mol. The zero-order valence-corrected chi connectivity index (χ0v) is 12.4. The molecule has 14 heavy (non-hydrogen) atoms. The van der Waals surface area contributed by atoms with Gasteiger partial charge in [-0.2, -0.15) is 0 Å². The fourth-order valence-corrected chi connectivity index (χ4v) is 0.994. The third-order valence-electron chi connectivity index (χ3n) is 1.66. The first-order chi connectivity index (χ1) is 6.65. The van der Waals surface area contributed by atoms with Gasteiger partial charge in [-0.15, -0.1) is 0 Å². The average Bonchev–Trinajstić information content (AvgIpc) is 2.10. The van der Waals surface area contributed by atoms with E-state index in [0.29, 0.717) is 0 Å². The number of hydrogen-bond donors (Lipinski definition) is 0. The molecule has 0 rings (SSSR count). The predicted molar refractivity (Wildman–Crippen MR) is 62.7 cm³/mol. The molecule has 0 radical (unpaired) electrons. The molecule has 0 aromatic rings. The Hall–Kier alpha value is 1.14. The van der Waals surface area contributed by atoms with Gasteiger partial charge in [-0.1, -0.05) is 39.0 Å². The third-order valence-corrected chi connectivity index (χ3v) is 1.66. The van der Waals surface area contributed by atoms with Crippen molar-refractivity contribution in [2.45, 2.75) is 51.9 Å². The van der Waals surface area contributed by atoms with Gasteiger partial charge >= 0.3 is 42.6 Å². The molecule has 0 aliphatic rings. The van der Waals surface area contributed by atoms with Gasteiger partial charge in [0.1, 0.15) is 0 Å². The first-order valence-electron chi connectivity index (χ1n) is 4.88. The topological polar surface area (TPSA) is 0 Å². The Kier molecular flexibility index (Phi) is 20.8. The second-order valence-electron chi connectivity index (χ2n) is 2.91. The van der Waals surface area contributed by atoms with E-state index in [1.807, 2.05) is 0 Å². The molecule has 82 valence electrons. The van der Waals surface area contributed by atoms with E-state index in [4.69, 9.17) is 34.3 Å². The Morgan fingerprint density at radius 1 is 1.00 bits per heavy atom. The van der Waals surface area contributed by atoms with Gasteiger partial charge in [-0.25, -0.2) is 0 Å². The van der Waals surface area contributed by atoms with Crippen molar-refractivity contribution in [2.24, 2.45) is 0 Å². The summed E-state index contributed by atoms with van der Waals surface area (Å²) >= 11 is -1.92. The van der Waals surface area contributed by atoms with E-state index < -0.39 is 14.7 Å². The van der Waals surface area contributed by atoms with Gasteiger partial charge in [0.2, 0.25) is 0 Å². The van der Waals surface area contributed by atoms with Gasteiger partial charge in [-0.3, -0.25) is 0 Å². The minimum absolute atomic E-state index is 0.853. The van der Waals surface area contributed by atoms with Gasteiger partial charge < -0.3 is 12.3 Å². The van der Waals surface area contributed by atoms with Crippen LogP contribution in [0.4, 0.5) is 0 Å². The molecule has 0 aromatic heterocycles. The Labute approximate surface area is 106 Å². The summed E-state index contributed by atoms with van der Waals surface area (Å²) < 4.78 is 0. The number of hydrogen-bond acceptors (Lipinski definition) is 0. The quantitative estimate of drug-likeness (QED) is 0.266. The molecule has 0 saturated carbocycles. The van der Waals surface area contributed by atoms with Gasteiger partial charge in [0, 0.05) is 0 Å². The van der Waals surface area contributed by atoms with Crippen LogP contribution in [-0.2, 0) is 14.7 Å². The number of unbranched alkanes of at least 4 members (excludes halogenated alkanes) is 6. The molecule has 0 amide bonds. The van der Waals surface area contributed by atoms with Crippen molar-refractivity contribution in [3.63, 3.8) is 0 Å². The second-order valence-corrected chi connectivity index (χ2v) is 10.6. The van der Waals surface area contributed by atoms with Crippen LogP contribution < -0.4 is 0 Å². The summed E-state index contributed by atoms with van der Waals surface area (Å²) in [6.45, 7) is 2.23. The monoisotopic (exact) mass is 290 g/mol. The second kappa shape index (κ2) is 16.6. The fraction of sp³-hybridized carbons (Fsp3) is 0.800. The summed E-state index contributed by atoms with van der Waals surface area (Å²) in [6, 6.07) is 0. The van der Waals surface area contributed by atoms with Gasteiger partial charge in [-0.05, 0) is 12.8 Å². The molecule has 0 unspecified atom stereocenters. The van der Waals surface area contributed by atoms with Crippen LogP contribution in [0, 0.1) is 12.3 Å². The van der Waals surface area contributed by atoms with Crippen LogP contribution in [0.5, 0.6) is 0 Å². The van der Waals surface area contributed by atoms with Crippen molar-refractivity contribution in [1.29, 1.82) is 0 Å². The van der Waals surface area contributed by atoms with Gasteiger partial charge in [0.05, 0.1) is 0 Å². The molecule has 0 N–H and O–H groups in total. The minimum atomic E-state index is -1.92.